The molecule has 1 aliphatic carbocycles. The molecule has 32 heavy (non-hydrogen) atoms. The van der Waals surface area contributed by atoms with Gasteiger partial charge >= 0.3 is 0 Å². The van der Waals surface area contributed by atoms with Crippen LogP contribution in [-0.4, -0.2) is 26.6 Å². The highest BCUT2D eigenvalue weighted by atomic mass is 35.5. The van der Waals surface area contributed by atoms with Crippen LogP contribution in [0.5, 0.6) is 11.5 Å². The van der Waals surface area contributed by atoms with Gasteiger partial charge in [-0.05, 0) is 64.8 Å². The first-order valence-electron chi connectivity index (χ1n) is 10.6. The van der Waals surface area contributed by atoms with Crippen LogP contribution in [0.15, 0.2) is 64.8 Å². The SMILES string of the molecule is COc1ccc(C(C)(C)C2=C(F)C=C(SCCOCc3cccc(Cl)c3)CC2)cc1OC. The molecule has 0 saturated carbocycles. The van der Waals surface area contributed by atoms with Gasteiger partial charge in [-0.2, -0.15) is 0 Å². The molecule has 0 N–H and O–H groups in total. The van der Waals surface area contributed by atoms with Crippen molar-refractivity contribution in [2.75, 3.05) is 26.6 Å². The summed E-state index contributed by atoms with van der Waals surface area (Å²) in [6.45, 7) is 5.24. The van der Waals surface area contributed by atoms with Crippen molar-refractivity contribution in [1.29, 1.82) is 0 Å². The molecule has 0 unspecified atom stereocenters. The summed E-state index contributed by atoms with van der Waals surface area (Å²) < 4.78 is 31.6. The third-order valence-corrected chi connectivity index (χ3v) is 7.03. The van der Waals surface area contributed by atoms with Gasteiger partial charge in [-0.3, -0.25) is 0 Å². The van der Waals surface area contributed by atoms with Crippen LogP contribution in [0.25, 0.3) is 0 Å². The van der Waals surface area contributed by atoms with Crippen LogP contribution in [0.4, 0.5) is 4.39 Å². The maximum Gasteiger partial charge on any atom is 0.161 e. The van der Waals surface area contributed by atoms with Crippen molar-refractivity contribution in [3.8, 4) is 11.5 Å². The lowest BCUT2D eigenvalue weighted by Gasteiger charge is -2.32. The van der Waals surface area contributed by atoms with Crippen LogP contribution >= 0.6 is 23.4 Å². The normalized spacial score (nSPS) is 14.4. The molecule has 0 bridgehead atoms. The average molecular weight is 477 g/mol. The molecule has 3 nitrogen and oxygen atoms in total. The molecule has 0 heterocycles. The topological polar surface area (TPSA) is 27.7 Å². The average Bonchev–Trinajstić information content (AvgIpc) is 2.78. The molecule has 0 radical (unpaired) electrons. The molecular formula is C26H30ClFO3S. The van der Waals surface area contributed by atoms with Gasteiger partial charge in [0.25, 0.3) is 0 Å². The summed E-state index contributed by atoms with van der Waals surface area (Å²) >= 11 is 7.65. The van der Waals surface area contributed by atoms with Gasteiger partial charge in [-0.25, -0.2) is 4.39 Å². The van der Waals surface area contributed by atoms with Crippen molar-refractivity contribution in [1.82, 2.24) is 0 Å². The monoisotopic (exact) mass is 476 g/mol. The summed E-state index contributed by atoms with van der Waals surface area (Å²) in [5.41, 5.74) is 2.41. The summed E-state index contributed by atoms with van der Waals surface area (Å²) in [6, 6.07) is 13.4. The Labute approximate surface area is 199 Å². The van der Waals surface area contributed by atoms with E-state index >= 15 is 4.39 Å². The van der Waals surface area contributed by atoms with Gasteiger partial charge in [0.05, 0.1) is 27.4 Å². The highest BCUT2D eigenvalue weighted by molar-refractivity contribution is 8.03. The predicted octanol–water partition coefficient (Wildman–Crippen LogP) is 7.49. The van der Waals surface area contributed by atoms with E-state index in [-0.39, 0.29) is 5.83 Å². The molecule has 0 atom stereocenters. The fourth-order valence-electron chi connectivity index (χ4n) is 3.84. The van der Waals surface area contributed by atoms with E-state index in [9.17, 15) is 0 Å². The van der Waals surface area contributed by atoms with Gasteiger partial charge in [-0.1, -0.05) is 43.6 Å². The summed E-state index contributed by atoms with van der Waals surface area (Å²) in [5, 5.41) is 0.710. The first kappa shape index (κ1) is 24.7. The van der Waals surface area contributed by atoms with Crippen molar-refractivity contribution in [3.63, 3.8) is 0 Å². The highest BCUT2D eigenvalue weighted by Crippen LogP contribution is 2.43. The number of allylic oxidation sites excluding steroid dienone is 4. The molecule has 2 aromatic carbocycles. The third-order valence-electron chi connectivity index (χ3n) is 5.73. The Bertz CT molecular complexity index is 1000. The molecular weight excluding hydrogens is 447 g/mol. The number of methoxy groups -OCH3 is 2. The molecule has 2 aromatic rings. The van der Waals surface area contributed by atoms with Crippen molar-refractivity contribution in [2.24, 2.45) is 0 Å². The molecule has 0 aliphatic heterocycles. The zero-order chi connectivity index (χ0) is 23.1. The molecule has 0 aromatic heterocycles. The molecule has 6 heteroatoms. The lowest BCUT2D eigenvalue weighted by atomic mass is 9.74. The molecule has 172 valence electrons. The van der Waals surface area contributed by atoms with Crippen LogP contribution in [0.2, 0.25) is 5.02 Å². The summed E-state index contributed by atoms with van der Waals surface area (Å²) in [5.74, 6) is 1.97. The largest absolute Gasteiger partial charge is 0.493 e. The van der Waals surface area contributed by atoms with E-state index in [1.165, 1.54) is 0 Å². The number of thioether (sulfide) groups is 1. The van der Waals surface area contributed by atoms with E-state index in [1.54, 1.807) is 32.1 Å². The minimum absolute atomic E-state index is 0.140. The van der Waals surface area contributed by atoms with Crippen molar-refractivity contribution in [2.45, 2.75) is 38.7 Å². The highest BCUT2D eigenvalue weighted by Gasteiger charge is 2.31. The van der Waals surface area contributed by atoms with Crippen LogP contribution < -0.4 is 9.47 Å². The van der Waals surface area contributed by atoms with Crippen LogP contribution in [-0.2, 0) is 16.8 Å². The Kier molecular flexibility index (Phi) is 8.69. The fourth-order valence-corrected chi connectivity index (χ4v) is 4.95. The van der Waals surface area contributed by atoms with Crippen molar-refractivity contribution < 1.29 is 18.6 Å². The molecule has 3 rings (SSSR count). The number of benzene rings is 2. The van der Waals surface area contributed by atoms with Gasteiger partial charge in [0.1, 0.15) is 5.83 Å². The summed E-state index contributed by atoms with van der Waals surface area (Å²) in [7, 11) is 3.22. The minimum atomic E-state index is -0.448. The smallest absolute Gasteiger partial charge is 0.161 e. The van der Waals surface area contributed by atoms with Crippen molar-refractivity contribution in [3.05, 3.63) is 81.0 Å². The molecule has 0 fully saturated rings. The number of hydrogen-bond donors (Lipinski definition) is 0. The molecule has 1 aliphatic rings. The Morgan fingerprint density at radius 3 is 2.50 bits per heavy atom. The summed E-state index contributed by atoms with van der Waals surface area (Å²) in [6.07, 6.45) is 3.21. The fraction of sp³-hybridized carbons (Fsp3) is 0.385. The van der Waals surface area contributed by atoms with Crippen LogP contribution in [0, 0.1) is 0 Å². The minimum Gasteiger partial charge on any atom is -0.493 e. The number of hydrogen-bond acceptors (Lipinski definition) is 4. The molecule has 0 amide bonds. The Morgan fingerprint density at radius 1 is 1.03 bits per heavy atom. The van der Waals surface area contributed by atoms with E-state index in [0.29, 0.717) is 36.2 Å². The molecule has 0 spiro atoms. The van der Waals surface area contributed by atoms with Crippen LogP contribution in [0.1, 0.15) is 37.8 Å². The lowest BCUT2D eigenvalue weighted by molar-refractivity contribution is 0.136. The summed E-state index contributed by atoms with van der Waals surface area (Å²) in [4.78, 5) is 1.06. The van der Waals surface area contributed by atoms with Gasteiger partial charge in [0, 0.05) is 16.2 Å². The first-order valence-corrected chi connectivity index (χ1v) is 12.0. The Hall–Kier alpha value is -1.95. The lowest BCUT2D eigenvalue weighted by Crippen LogP contribution is -2.23. The second-order valence-corrected chi connectivity index (χ2v) is 9.82. The second-order valence-electron chi connectivity index (χ2n) is 8.16. The third kappa shape index (κ3) is 6.09. The standard InChI is InChI=1S/C26H30ClFO3S/c1-26(2,19-8-11-24(29-3)25(15-19)30-4)22-10-9-21(16-23(22)28)32-13-12-31-17-18-6-5-7-20(27)14-18/h5-8,11,14-16H,9-10,12-13,17H2,1-4H3. The van der Waals surface area contributed by atoms with Gasteiger partial charge in [0.2, 0.25) is 0 Å². The van der Waals surface area contributed by atoms with Gasteiger partial charge in [0.15, 0.2) is 11.5 Å². The second kappa shape index (κ2) is 11.3. The van der Waals surface area contributed by atoms with Gasteiger partial charge in [-0.15, -0.1) is 11.8 Å². The van der Waals surface area contributed by atoms with E-state index in [2.05, 4.69) is 13.8 Å². The first-order chi connectivity index (χ1) is 15.3. The predicted molar refractivity (Wildman–Crippen MR) is 132 cm³/mol. The van der Waals surface area contributed by atoms with E-state index in [4.69, 9.17) is 25.8 Å². The quantitative estimate of drug-likeness (QED) is 0.332. The maximum atomic E-state index is 15.1. The maximum absolute atomic E-state index is 15.1. The van der Waals surface area contributed by atoms with E-state index in [0.717, 1.165) is 33.8 Å². The van der Waals surface area contributed by atoms with E-state index in [1.807, 2.05) is 42.5 Å². The zero-order valence-electron chi connectivity index (χ0n) is 19.0. The molecule has 0 saturated heterocycles. The van der Waals surface area contributed by atoms with Crippen LogP contribution in [0.3, 0.4) is 0 Å². The zero-order valence-corrected chi connectivity index (χ0v) is 20.6. The van der Waals surface area contributed by atoms with E-state index < -0.39 is 5.41 Å². The van der Waals surface area contributed by atoms with Gasteiger partial charge < -0.3 is 14.2 Å². The van der Waals surface area contributed by atoms with Crippen molar-refractivity contribution >= 4 is 23.4 Å². The number of halogens is 2. The number of ether oxygens (including phenoxy) is 3. The Morgan fingerprint density at radius 2 is 1.81 bits per heavy atom. The Balaban J connectivity index is 1.59. The number of rotatable bonds is 10.